The number of carboxylic acids is 1. The highest BCUT2D eigenvalue weighted by atomic mass is 32.2. The minimum Gasteiger partial charge on any atom is -0.477 e. The van der Waals surface area contributed by atoms with Gasteiger partial charge < -0.3 is 31.5 Å². The molecule has 2 unspecified atom stereocenters. The number of urea groups is 2. The average molecular weight is 506 g/mol. The molecule has 0 radical (unpaired) electrons. The summed E-state index contributed by atoms with van der Waals surface area (Å²) in [6, 6.07) is 4.06. The van der Waals surface area contributed by atoms with Crippen LogP contribution in [-0.2, 0) is 19.1 Å². The molecular formula is C20H22N6O8S. The molecule has 35 heavy (non-hydrogen) atoms. The number of nitrogens with two attached hydrogens (primary N) is 1. The number of ether oxygens (including phenoxy) is 1. The van der Waals surface area contributed by atoms with Gasteiger partial charge in [-0.25, -0.2) is 19.2 Å². The van der Waals surface area contributed by atoms with Crippen molar-refractivity contribution in [2.75, 3.05) is 19.4 Å². The Bertz CT molecular complexity index is 1090. The number of primary amides is 1. The largest absolute Gasteiger partial charge is 0.477 e. The van der Waals surface area contributed by atoms with E-state index >= 15 is 0 Å². The third kappa shape index (κ3) is 5.63. The van der Waals surface area contributed by atoms with Crippen LogP contribution in [0.4, 0.5) is 14.4 Å². The van der Waals surface area contributed by atoms with Crippen molar-refractivity contribution in [2.24, 2.45) is 5.73 Å². The first-order chi connectivity index (χ1) is 16.6. The van der Waals surface area contributed by atoms with Gasteiger partial charge in [-0.1, -0.05) is 30.3 Å². The van der Waals surface area contributed by atoms with E-state index in [1.165, 1.54) is 7.05 Å². The lowest BCUT2D eigenvalue weighted by Gasteiger charge is -2.49. The van der Waals surface area contributed by atoms with Crippen molar-refractivity contribution in [3.63, 3.8) is 0 Å². The Labute approximate surface area is 202 Å². The van der Waals surface area contributed by atoms with Crippen molar-refractivity contribution in [3.05, 3.63) is 47.2 Å². The van der Waals surface area contributed by atoms with Gasteiger partial charge in [0, 0.05) is 18.4 Å². The van der Waals surface area contributed by atoms with E-state index in [1.807, 2.05) is 5.32 Å². The molecule has 7 N–H and O–H groups in total. The number of carbonyl (C=O) groups is 6. The third-order valence-electron chi connectivity index (χ3n) is 5.06. The zero-order chi connectivity index (χ0) is 25.7. The molecule has 186 valence electrons. The maximum atomic E-state index is 13.1. The number of thioether (sulfide) groups is 1. The number of carbonyl (C=O) groups excluding carboxylic acids is 5. The Morgan fingerprint density at radius 3 is 2.49 bits per heavy atom. The molecule has 15 heteroatoms. The number of nitrogens with one attached hydrogen (secondary N) is 4. The van der Waals surface area contributed by atoms with Crippen molar-refractivity contribution >= 4 is 47.7 Å². The molecule has 2 heterocycles. The van der Waals surface area contributed by atoms with Gasteiger partial charge in [0.25, 0.3) is 5.91 Å². The molecule has 2 aliphatic rings. The molecule has 2 aliphatic heterocycles. The molecule has 1 aromatic rings. The number of hydrogen-bond acceptors (Lipinski definition) is 8. The van der Waals surface area contributed by atoms with E-state index in [0.717, 1.165) is 16.7 Å². The number of hydrogen-bond donors (Lipinski definition) is 6. The van der Waals surface area contributed by atoms with Crippen LogP contribution in [0.2, 0.25) is 0 Å². The highest BCUT2D eigenvalue weighted by Crippen LogP contribution is 2.40. The molecule has 3 rings (SSSR count). The maximum Gasteiger partial charge on any atom is 0.404 e. The van der Waals surface area contributed by atoms with Crippen molar-refractivity contribution < 1.29 is 38.6 Å². The van der Waals surface area contributed by atoms with E-state index in [2.05, 4.69) is 20.7 Å². The molecule has 1 fully saturated rings. The minimum atomic E-state index is -1.40. The summed E-state index contributed by atoms with van der Waals surface area (Å²) in [7, 11) is 1.31. The Kier molecular flexibility index (Phi) is 7.80. The quantitative estimate of drug-likeness (QED) is 0.255. The van der Waals surface area contributed by atoms with Gasteiger partial charge in [0.15, 0.2) is 0 Å². The second-order valence-corrected chi connectivity index (χ2v) is 8.39. The van der Waals surface area contributed by atoms with Crippen LogP contribution < -0.4 is 27.0 Å². The van der Waals surface area contributed by atoms with Crippen LogP contribution in [0.3, 0.4) is 0 Å². The Morgan fingerprint density at radius 1 is 1.20 bits per heavy atom. The first-order valence-electron chi connectivity index (χ1n) is 10.1. The first-order valence-corrected chi connectivity index (χ1v) is 11.2. The van der Waals surface area contributed by atoms with Crippen molar-refractivity contribution in [3.8, 4) is 0 Å². The van der Waals surface area contributed by atoms with E-state index in [0.29, 0.717) is 5.56 Å². The number of nitrogens with zero attached hydrogens (tertiary/aromatic N) is 1. The molecule has 0 spiro atoms. The van der Waals surface area contributed by atoms with Crippen molar-refractivity contribution in [1.29, 1.82) is 0 Å². The number of aliphatic carboxylic acids is 1. The SMILES string of the molecule is CNC(=O)NC(=O)NC(C(=O)NC1C(=O)N2C(C(=O)O)=C(COC(N)=O)CS[C@@H]12)c1ccccc1. The third-order valence-corrected chi connectivity index (χ3v) is 6.40. The Hall–Kier alpha value is -4.27. The number of imide groups is 1. The highest BCUT2D eigenvalue weighted by molar-refractivity contribution is 8.00. The fourth-order valence-corrected chi connectivity index (χ4v) is 4.80. The molecule has 0 aliphatic carbocycles. The van der Waals surface area contributed by atoms with Crippen LogP contribution in [0.5, 0.6) is 0 Å². The fourth-order valence-electron chi connectivity index (χ4n) is 3.47. The molecule has 3 atom stereocenters. The lowest BCUT2D eigenvalue weighted by Crippen LogP contribution is -2.71. The predicted molar refractivity (Wildman–Crippen MR) is 121 cm³/mol. The number of rotatable bonds is 7. The highest BCUT2D eigenvalue weighted by Gasteiger charge is 2.54. The summed E-state index contributed by atoms with van der Waals surface area (Å²) >= 11 is 1.16. The summed E-state index contributed by atoms with van der Waals surface area (Å²) in [6.07, 6.45) is -1.09. The number of β-lactam (4-membered cyclic amide) rings is 1. The predicted octanol–water partition coefficient (Wildman–Crippen LogP) is -0.800. The maximum absolute atomic E-state index is 13.1. The minimum absolute atomic E-state index is 0.116. The molecular weight excluding hydrogens is 484 g/mol. The van der Waals surface area contributed by atoms with E-state index in [-0.39, 0.29) is 17.0 Å². The van der Waals surface area contributed by atoms with Gasteiger partial charge in [-0.15, -0.1) is 11.8 Å². The topological polar surface area (TPSA) is 209 Å². The smallest absolute Gasteiger partial charge is 0.404 e. The van der Waals surface area contributed by atoms with Crippen molar-refractivity contribution in [1.82, 2.24) is 26.2 Å². The number of fused-ring (bicyclic) bond motifs is 1. The monoisotopic (exact) mass is 506 g/mol. The normalized spacial score (nSPS) is 19.5. The number of carboxylic acid groups (broad SMARTS) is 1. The Balaban J connectivity index is 1.76. The van der Waals surface area contributed by atoms with Crippen LogP contribution in [0, 0.1) is 0 Å². The van der Waals surface area contributed by atoms with Gasteiger partial charge in [-0.05, 0) is 5.56 Å². The molecule has 1 saturated heterocycles. The van der Waals surface area contributed by atoms with E-state index in [4.69, 9.17) is 5.73 Å². The molecule has 14 nitrogen and oxygen atoms in total. The standard InChI is InChI=1S/C20H22N6O8S/c1-22-19(32)25-20(33)24-11(9-5-3-2-4-6-9)14(27)23-12-15(28)26-13(17(29)30)10(7-34-18(21)31)8-35-16(12)26/h2-6,11-12,16H,7-8H2,1H3,(H2,21,31)(H,23,27)(H,29,30)(H3,22,24,25,32,33)/t11?,12?,16-/m0/s1. The average Bonchev–Trinajstić information content (AvgIpc) is 2.83. The van der Waals surface area contributed by atoms with Gasteiger partial charge in [-0.3, -0.25) is 19.8 Å². The van der Waals surface area contributed by atoms with Crippen LogP contribution in [0.25, 0.3) is 0 Å². The summed E-state index contributed by atoms with van der Waals surface area (Å²) in [5.41, 5.74) is 5.16. The lowest BCUT2D eigenvalue weighted by molar-refractivity contribution is -0.151. The summed E-state index contributed by atoms with van der Waals surface area (Å²) in [5, 5.41) is 18.0. The second kappa shape index (κ2) is 10.8. The molecule has 0 saturated carbocycles. The number of benzene rings is 1. The van der Waals surface area contributed by atoms with Crippen LogP contribution in [0.15, 0.2) is 41.6 Å². The summed E-state index contributed by atoms with van der Waals surface area (Å²) in [6.45, 7) is -0.391. The number of amides is 7. The molecule has 0 aromatic heterocycles. The van der Waals surface area contributed by atoms with Crippen LogP contribution >= 0.6 is 11.8 Å². The zero-order valence-corrected chi connectivity index (χ0v) is 19.1. The first kappa shape index (κ1) is 25.4. The van der Waals surface area contributed by atoms with E-state index in [9.17, 15) is 33.9 Å². The fraction of sp³-hybridized carbons (Fsp3) is 0.300. The molecule has 1 aromatic carbocycles. The van der Waals surface area contributed by atoms with Crippen LogP contribution in [-0.4, -0.2) is 76.8 Å². The van der Waals surface area contributed by atoms with Crippen LogP contribution in [0.1, 0.15) is 11.6 Å². The van der Waals surface area contributed by atoms with E-state index in [1.54, 1.807) is 30.3 Å². The Morgan fingerprint density at radius 2 is 1.89 bits per heavy atom. The second-order valence-electron chi connectivity index (χ2n) is 7.28. The van der Waals surface area contributed by atoms with Gasteiger partial charge in [0.05, 0.1) is 0 Å². The van der Waals surface area contributed by atoms with Gasteiger partial charge in [0.2, 0.25) is 5.91 Å². The van der Waals surface area contributed by atoms with Gasteiger partial charge >= 0.3 is 24.1 Å². The molecule has 7 amide bonds. The van der Waals surface area contributed by atoms with E-state index < -0.39 is 60.0 Å². The summed E-state index contributed by atoms with van der Waals surface area (Å²) in [5.74, 6) is -2.71. The van der Waals surface area contributed by atoms with Crippen molar-refractivity contribution in [2.45, 2.75) is 17.5 Å². The zero-order valence-electron chi connectivity index (χ0n) is 18.3. The molecule has 0 bridgehead atoms. The lowest BCUT2D eigenvalue weighted by atomic mass is 10.0. The van der Waals surface area contributed by atoms with Gasteiger partial charge in [-0.2, -0.15) is 0 Å². The summed E-state index contributed by atoms with van der Waals surface area (Å²) in [4.78, 5) is 73.2. The van der Waals surface area contributed by atoms with Gasteiger partial charge in [0.1, 0.15) is 29.8 Å². The summed E-state index contributed by atoms with van der Waals surface area (Å²) < 4.78 is 4.67.